The number of nitrogens with zero attached hydrogens (tertiary/aromatic N) is 6. The number of piperidine rings is 1. The van der Waals surface area contributed by atoms with E-state index in [1.807, 2.05) is 12.1 Å². The largest absolute Gasteiger partial charge is 0.454 e. The fourth-order valence-electron chi connectivity index (χ4n) is 4.68. The van der Waals surface area contributed by atoms with Gasteiger partial charge in [0.1, 0.15) is 0 Å². The molecule has 1 aliphatic heterocycles. The molecule has 3 heterocycles. The highest BCUT2D eigenvalue weighted by atomic mass is 16.5. The van der Waals surface area contributed by atoms with Crippen LogP contribution in [-0.2, 0) is 22.2 Å². The zero-order chi connectivity index (χ0) is 27.5. The van der Waals surface area contributed by atoms with E-state index in [4.69, 9.17) is 9.26 Å². The molecule has 0 atom stereocenters. The summed E-state index contributed by atoms with van der Waals surface area (Å²) < 4.78 is 10.5. The highest BCUT2D eigenvalue weighted by molar-refractivity contribution is 5.89. The molecule has 2 aromatic carbocycles. The van der Waals surface area contributed by atoms with Crippen LogP contribution in [-0.4, -0.2) is 39.4 Å². The zero-order valence-electron chi connectivity index (χ0n) is 22.3. The quantitative estimate of drug-likeness (QED) is 0.313. The summed E-state index contributed by atoms with van der Waals surface area (Å²) in [6.07, 6.45) is 1.41. The molecule has 0 saturated carbocycles. The first-order valence-electron chi connectivity index (χ1n) is 12.9. The van der Waals surface area contributed by atoms with Crippen molar-refractivity contribution in [1.82, 2.24) is 20.3 Å². The van der Waals surface area contributed by atoms with Crippen LogP contribution in [0.5, 0.6) is 0 Å². The Balaban J connectivity index is 1.19. The smallest absolute Gasteiger partial charge is 0.338 e. The van der Waals surface area contributed by atoms with Gasteiger partial charge in [0, 0.05) is 13.1 Å². The SMILES string of the molecule is CC(C)(C)c1ccc(C2(C#N)CCN(c3ccc(-c4nc(COC(=O)c5ccccc5)no4)nn3)CC2)cc1. The van der Waals surface area contributed by atoms with Crippen LogP contribution >= 0.6 is 0 Å². The molecular weight excluding hydrogens is 492 g/mol. The van der Waals surface area contributed by atoms with Gasteiger partial charge >= 0.3 is 5.97 Å². The van der Waals surface area contributed by atoms with Crippen LogP contribution in [0.2, 0.25) is 0 Å². The van der Waals surface area contributed by atoms with Gasteiger partial charge in [0.2, 0.25) is 5.82 Å². The summed E-state index contributed by atoms with van der Waals surface area (Å²) in [5.74, 6) is 0.695. The third kappa shape index (κ3) is 5.65. The predicted molar refractivity (Wildman–Crippen MR) is 145 cm³/mol. The maximum Gasteiger partial charge on any atom is 0.338 e. The molecule has 1 saturated heterocycles. The van der Waals surface area contributed by atoms with Crippen molar-refractivity contribution < 1.29 is 14.1 Å². The fraction of sp³-hybridized carbons (Fsp3) is 0.333. The van der Waals surface area contributed by atoms with E-state index in [0.717, 1.165) is 11.4 Å². The van der Waals surface area contributed by atoms with Crippen molar-refractivity contribution in [2.75, 3.05) is 18.0 Å². The van der Waals surface area contributed by atoms with Crippen LogP contribution in [0.1, 0.15) is 60.9 Å². The molecule has 9 nitrogen and oxygen atoms in total. The molecule has 0 aliphatic carbocycles. The van der Waals surface area contributed by atoms with Gasteiger partial charge in [-0.15, -0.1) is 10.2 Å². The minimum atomic E-state index is -0.510. The van der Waals surface area contributed by atoms with Crippen LogP contribution < -0.4 is 4.90 Å². The second kappa shape index (κ2) is 10.7. The molecule has 198 valence electrons. The summed E-state index contributed by atoms with van der Waals surface area (Å²) in [6, 6.07) is 23.4. The molecule has 9 heteroatoms. The van der Waals surface area contributed by atoms with Crippen molar-refractivity contribution in [2.24, 2.45) is 0 Å². The molecule has 0 N–H and O–H groups in total. The first-order valence-corrected chi connectivity index (χ1v) is 12.9. The van der Waals surface area contributed by atoms with E-state index >= 15 is 0 Å². The van der Waals surface area contributed by atoms with Crippen molar-refractivity contribution in [1.29, 1.82) is 5.26 Å². The van der Waals surface area contributed by atoms with Gasteiger partial charge in [-0.3, -0.25) is 0 Å². The number of carbonyl (C=O) groups is 1. The third-order valence-corrected chi connectivity index (χ3v) is 7.14. The van der Waals surface area contributed by atoms with Crippen molar-refractivity contribution in [3.05, 3.63) is 89.2 Å². The molecule has 1 aliphatic rings. The van der Waals surface area contributed by atoms with E-state index in [2.05, 4.69) is 76.3 Å². The van der Waals surface area contributed by atoms with Gasteiger partial charge in [0.15, 0.2) is 18.1 Å². The van der Waals surface area contributed by atoms with Gasteiger partial charge < -0.3 is 14.2 Å². The Morgan fingerprint density at radius 1 is 1.03 bits per heavy atom. The molecule has 5 rings (SSSR count). The topological polar surface area (TPSA) is 118 Å². The second-order valence-electron chi connectivity index (χ2n) is 10.7. The van der Waals surface area contributed by atoms with E-state index in [9.17, 15) is 10.1 Å². The van der Waals surface area contributed by atoms with Gasteiger partial charge in [-0.2, -0.15) is 10.2 Å². The van der Waals surface area contributed by atoms with Crippen molar-refractivity contribution in [3.63, 3.8) is 0 Å². The number of hydrogen-bond donors (Lipinski definition) is 0. The molecule has 0 bridgehead atoms. The lowest BCUT2D eigenvalue weighted by atomic mass is 9.73. The first-order chi connectivity index (χ1) is 18.8. The summed E-state index contributed by atoms with van der Waals surface area (Å²) in [5.41, 5.74) is 2.77. The monoisotopic (exact) mass is 522 g/mol. The Hall–Kier alpha value is -4.58. The van der Waals surface area contributed by atoms with Gasteiger partial charge in [-0.05, 0) is 53.6 Å². The molecule has 39 heavy (non-hydrogen) atoms. The van der Waals surface area contributed by atoms with Crippen LogP contribution in [0.3, 0.4) is 0 Å². The van der Waals surface area contributed by atoms with E-state index in [-0.39, 0.29) is 23.7 Å². The summed E-state index contributed by atoms with van der Waals surface area (Å²) in [4.78, 5) is 18.5. The minimum absolute atomic E-state index is 0.0739. The van der Waals surface area contributed by atoms with Crippen LogP contribution in [0.4, 0.5) is 5.82 Å². The molecule has 0 radical (unpaired) electrons. The van der Waals surface area contributed by atoms with E-state index < -0.39 is 11.4 Å². The Bertz CT molecular complexity index is 1460. The lowest BCUT2D eigenvalue weighted by molar-refractivity contribution is 0.0459. The average molecular weight is 523 g/mol. The summed E-state index contributed by atoms with van der Waals surface area (Å²) in [7, 11) is 0. The molecule has 0 unspecified atom stereocenters. The molecule has 2 aromatic heterocycles. The maximum absolute atomic E-state index is 12.1. The number of esters is 1. The van der Waals surface area contributed by atoms with Gasteiger partial charge in [-0.1, -0.05) is 68.4 Å². The van der Waals surface area contributed by atoms with Gasteiger partial charge in [-0.25, -0.2) is 4.79 Å². The van der Waals surface area contributed by atoms with Crippen LogP contribution in [0.15, 0.2) is 71.3 Å². The Kier molecular flexibility index (Phi) is 7.11. The lowest BCUT2D eigenvalue weighted by Crippen LogP contribution is -2.42. The highest BCUT2D eigenvalue weighted by Crippen LogP contribution is 2.37. The summed E-state index contributed by atoms with van der Waals surface area (Å²) in [6.45, 7) is 7.84. The fourth-order valence-corrected chi connectivity index (χ4v) is 4.68. The average Bonchev–Trinajstić information content (AvgIpc) is 3.45. The molecule has 0 spiro atoms. The second-order valence-corrected chi connectivity index (χ2v) is 10.7. The van der Waals surface area contributed by atoms with Gasteiger partial charge in [0.25, 0.3) is 5.89 Å². The zero-order valence-corrected chi connectivity index (χ0v) is 22.3. The number of nitriles is 1. The molecule has 1 fully saturated rings. The molecular formula is C30H30N6O3. The molecule has 0 amide bonds. The standard InChI is InChI=1S/C30H30N6O3/c1-29(2,3)22-9-11-23(12-10-22)30(20-31)15-17-36(18-16-30)26-14-13-24(33-34-26)27-32-25(35-39-27)19-38-28(37)21-7-5-4-6-8-21/h4-14H,15-19H2,1-3H3. The predicted octanol–water partition coefficient (Wildman–Crippen LogP) is 5.24. The number of carbonyl (C=O) groups excluding carboxylic acids is 1. The Morgan fingerprint density at radius 2 is 1.74 bits per heavy atom. The van der Waals surface area contributed by atoms with Gasteiger partial charge in [0.05, 0.1) is 17.0 Å². The third-order valence-electron chi connectivity index (χ3n) is 7.14. The van der Waals surface area contributed by atoms with Crippen molar-refractivity contribution in [2.45, 2.75) is 51.0 Å². The van der Waals surface area contributed by atoms with Crippen LogP contribution in [0.25, 0.3) is 11.6 Å². The number of benzene rings is 2. The number of ether oxygens (including phenoxy) is 1. The number of rotatable bonds is 6. The maximum atomic E-state index is 12.1. The summed E-state index contributed by atoms with van der Waals surface area (Å²) >= 11 is 0. The first kappa shape index (κ1) is 26.0. The normalized spacial score (nSPS) is 15.0. The highest BCUT2D eigenvalue weighted by Gasteiger charge is 2.37. The van der Waals surface area contributed by atoms with E-state index in [0.29, 0.717) is 37.2 Å². The Morgan fingerprint density at radius 3 is 2.36 bits per heavy atom. The van der Waals surface area contributed by atoms with Crippen molar-refractivity contribution >= 4 is 11.8 Å². The Labute approximate surface area is 227 Å². The number of anilines is 1. The van der Waals surface area contributed by atoms with E-state index in [1.54, 1.807) is 30.3 Å². The number of aromatic nitrogens is 4. The van der Waals surface area contributed by atoms with E-state index in [1.165, 1.54) is 5.56 Å². The van der Waals surface area contributed by atoms with Crippen molar-refractivity contribution in [3.8, 4) is 17.7 Å². The lowest BCUT2D eigenvalue weighted by Gasteiger charge is -2.38. The molecule has 4 aromatic rings. The number of hydrogen-bond acceptors (Lipinski definition) is 9. The minimum Gasteiger partial charge on any atom is -0.454 e. The summed E-state index contributed by atoms with van der Waals surface area (Å²) in [5, 5.41) is 22.6. The van der Waals surface area contributed by atoms with Crippen LogP contribution in [0, 0.1) is 11.3 Å².